The van der Waals surface area contributed by atoms with Crippen molar-refractivity contribution < 1.29 is 9.59 Å². The van der Waals surface area contributed by atoms with Crippen molar-refractivity contribution in [2.45, 2.75) is 66.6 Å². The minimum absolute atomic E-state index is 0.0327. The fourth-order valence-electron chi connectivity index (χ4n) is 3.13. The lowest BCUT2D eigenvalue weighted by molar-refractivity contribution is -0.140. The first-order chi connectivity index (χ1) is 13.2. The van der Waals surface area contributed by atoms with Crippen molar-refractivity contribution in [2.24, 2.45) is 0 Å². The number of benzene rings is 2. The van der Waals surface area contributed by atoms with Crippen LogP contribution in [0.2, 0.25) is 0 Å². The van der Waals surface area contributed by atoms with Gasteiger partial charge in [-0.15, -0.1) is 0 Å². The summed E-state index contributed by atoms with van der Waals surface area (Å²) in [6, 6.07) is 13.7. The van der Waals surface area contributed by atoms with Crippen molar-refractivity contribution in [1.29, 1.82) is 0 Å². The molecule has 0 aliphatic heterocycles. The molecule has 1 atom stereocenters. The first-order valence-electron chi connectivity index (χ1n) is 9.89. The summed E-state index contributed by atoms with van der Waals surface area (Å²) in [6.07, 6.45) is 0.290. The van der Waals surface area contributed by atoms with E-state index in [0.717, 1.165) is 22.3 Å². The van der Waals surface area contributed by atoms with Gasteiger partial charge < -0.3 is 10.2 Å². The van der Waals surface area contributed by atoms with Crippen molar-refractivity contribution in [3.05, 3.63) is 70.3 Å². The highest BCUT2D eigenvalue weighted by Gasteiger charge is 2.26. The maximum absolute atomic E-state index is 13.2. The summed E-state index contributed by atoms with van der Waals surface area (Å²) < 4.78 is 0. The molecule has 4 heteroatoms. The number of aryl methyl sites for hydroxylation is 3. The molecule has 2 aromatic carbocycles. The molecule has 4 nitrogen and oxygen atoms in total. The second-order valence-corrected chi connectivity index (χ2v) is 7.95. The van der Waals surface area contributed by atoms with Gasteiger partial charge in [-0.2, -0.15) is 0 Å². The van der Waals surface area contributed by atoms with Crippen molar-refractivity contribution in [2.75, 3.05) is 0 Å². The normalized spacial score (nSPS) is 12.0. The van der Waals surface area contributed by atoms with E-state index >= 15 is 0 Å². The first-order valence-corrected chi connectivity index (χ1v) is 9.89. The maximum Gasteiger partial charge on any atom is 0.242 e. The van der Waals surface area contributed by atoms with Gasteiger partial charge in [0.1, 0.15) is 6.04 Å². The smallest absolute Gasteiger partial charge is 0.242 e. The predicted molar refractivity (Wildman–Crippen MR) is 114 cm³/mol. The third-order valence-electron chi connectivity index (χ3n) is 4.92. The number of hydrogen-bond donors (Lipinski definition) is 1. The van der Waals surface area contributed by atoms with E-state index in [9.17, 15) is 9.59 Å². The van der Waals surface area contributed by atoms with Gasteiger partial charge in [0.15, 0.2) is 0 Å². The second-order valence-electron chi connectivity index (χ2n) is 7.95. The first kappa shape index (κ1) is 21.7. The number of carbonyl (C=O) groups excluding carboxylic acids is 2. The molecule has 0 fully saturated rings. The molecule has 0 heterocycles. The Balaban J connectivity index is 2.27. The molecule has 0 aliphatic carbocycles. The van der Waals surface area contributed by atoms with Crippen LogP contribution >= 0.6 is 0 Å². The summed E-state index contributed by atoms with van der Waals surface area (Å²) in [4.78, 5) is 27.5. The van der Waals surface area contributed by atoms with E-state index in [1.54, 1.807) is 11.8 Å². The molecule has 0 aromatic heterocycles. The molecule has 2 aromatic rings. The highest BCUT2D eigenvalue weighted by atomic mass is 16.2. The summed E-state index contributed by atoms with van der Waals surface area (Å²) in [5.74, 6) is -0.169. The largest absolute Gasteiger partial charge is 0.352 e. The predicted octanol–water partition coefficient (Wildman–Crippen LogP) is 4.10. The zero-order valence-corrected chi connectivity index (χ0v) is 17.9. The zero-order valence-electron chi connectivity index (χ0n) is 17.9. The Bertz CT molecular complexity index is 825. The zero-order chi connectivity index (χ0) is 20.8. The molecule has 2 amide bonds. The Hall–Kier alpha value is -2.62. The van der Waals surface area contributed by atoms with Gasteiger partial charge in [0.25, 0.3) is 0 Å². The van der Waals surface area contributed by atoms with Gasteiger partial charge in [-0.25, -0.2) is 0 Å². The molecule has 0 saturated heterocycles. The van der Waals surface area contributed by atoms with Gasteiger partial charge >= 0.3 is 0 Å². The Morgan fingerprint density at radius 1 is 0.929 bits per heavy atom. The third kappa shape index (κ3) is 5.95. The summed E-state index contributed by atoms with van der Waals surface area (Å²) >= 11 is 0. The molecule has 0 saturated carbocycles. The standard InChI is InChI=1S/C24H32N2O2/c1-16(2)25-24(28)20(6)26(15-21-11-8-17(3)9-12-21)23(27)14-22-13-18(4)7-10-19(22)5/h7-13,16,20H,14-15H2,1-6H3,(H,25,28)/t20-/m0/s1. The minimum atomic E-state index is -0.540. The summed E-state index contributed by atoms with van der Waals surface area (Å²) in [6.45, 7) is 12.1. The average molecular weight is 381 g/mol. The molecule has 150 valence electrons. The van der Waals surface area contributed by atoms with Gasteiger partial charge in [-0.1, -0.05) is 53.6 Å². The quantitative estimate of drug-likeness (QED) is 0.786. The number of carbonyl (C=O) groups is 2. The van der Waals surface area contributed by atoms with Gasteiger partial charge in [0.2, 0.25) is 11.8 Å². The van der Waals surface area contributed by atoms with Crippen LogP contribution in [0.25, 0.3) is 0 Å². The molecule has 0 unspecified atom stereocenters. The molecule has 0 radical (unpaired) electrons. The Morgan fingerprint density at radius 2 is 1.54 bits per heavy atom. The van der Waals surface area contributed by atoms with E-state index in [1.807, 2.05) is 71.0 Å². The van der Waals surface area contributed by atoms with E-state index in [-0.39, 0.29) is 17.9 Å². The number of rotatable bonds is 7. The van der Waals surface area contributed by atoms with Gasteiger partial charge in [-0.05, 0) is 58.2 Å². The SMILES string of the molecule is Cc1ccc(CN(C(=O)Cc2cc(C)ccc2C)[C@@H](C)C(=O)NC(C)C)cc1. The Morgan fingerprint density at radius 3 is 2.14 bits per heavy atom. The van der Waals surface area contributed by atoms with Crippen LogP contribution in [0.5, 0.6) is 0 Å². The molecule has 0 aliphatic rings. The molecule has 0 spiro atoms. The van der Waals surface area contributed by atoms with Gasteiger partial charge in [0.05, 0.1) is 6.42 Å². The number of amides is 2. The van der Waals surface area contributed by atoms with E-state index in [4.69, 9.17) is 0 Å². The van der Waals surface area contributed by atoms with Gasteiger partial charge in [0, 0.05) is 12.6 Å². The summed E-state index contributed by atoms with van der Waals surface area (Å²) in [5.41, 5.74) is 5.42. The molecule has 1 N–H and O–H groups in total. The summed E-state index contributed by atoms with van der Waals surface area (Å²) in [7, 11) is 0. The van der Waals surface area contributed by atoms with Crippen LogP contribution in [-0.2, 0) is 22.6 Å². The lowest BCUT2D eigenvalue weighted by Gasteiger charge is -2.29. The van der Waals surface area contributed by atoms with Crippen LogP contribution in [0.4, 0.5) is 0 Å². The van der Waals surface area contributed by atoms with Gasteiger partial charge in [-0.3, -0.25) is 9.59 Å². The fourth-order valence-corrected chi connectivity index (χ4v) is 3.13. The Labute approximate surface area is 169 Å². The van der Waals surface area contributed by atoms with Crippen molar-refractivity contribution >= 4 is 11.8 Å². The Kier molecular flexibility index (Phi) is 7.38. The van der Waals surface area contributed by atoms with E-state index < -0.39 is 6.04 Å². The third-order valence-corrected chi connectivity index (χ3v) is 4.92. The maximum atomic E-state index is 13.2. The van der Waals surface area contributed by atoms with Crippen LogP contribution in [0.3, 0.4) is 0 Å². The van der Waals surface area contributed by atoms with Crippen molar-refractivity contribution in [3.63, 3.8) is 0 Å². The van der Waals surface area contributed by atoms with E-state index in [0.29, 0.717) is 13.0 Å². The highest BCUT2D eigenvalue weighted by molar-refractivity contribution is 5.88. The van der Waals surface area contributed by atoms with Crippen LogP contribution < -0.4 is 5.32 Å². The van der Waals surface area contributed by atoms with Crippen molar-refractivity contribution in [1.82, 2.24) is 10.2 Å². The van der Waals surface area contributed by atoms with E-state index in [1.165, 1.54) is 5.56 Å². The topological polar surface area (TPSA) is 49.4 Å². The lowest BCUT2D eigenvalue weighted by Crippen LogP contribution is -2.49. The number of hydrogen-bond acceptors (Lipinski definition) is 2. The minimum Gasteiger partial charge on any atom is -0.352 e. The molecule has 0 bridgehead atoms. The summed E-state index contributed by atoms with van der Waals surface area (Å²) in [5, 5.41) is 2.92. The number of nitrogens with zero attached hydrogens (tertiary/aromatic N) is 1. The fraction of sp³-hybridized carbons (Fsp3) is 0.417. The van der Waals surface area contributed by atoms with Crippen LogP contribution in [0.1, 0.15) is 48.6 Å². The van der Waals surface area contributed by atoms with Crippen LogP contribution in [0, 0.1) is 20.8 Å². The van der Waals surface area contributed by atoms with Crippen LogP contribution in [0.15, 0.2) is 42.5 Å². The molecule has 28 heavy (non-hydrogen) atoms. The molecular weight excluding hydrogens is 348 g/mol. The highest BCUT2D eigenvalue weighted by Crippen LogP contribution is 2.16. The molecular formula is C24H32N2O2. The number of nitrogens with one attached hydrogen (secondary N) is 1. The molecule has 2 rings (SSSR count). The van der Waals surface area contributed by atoms with E-state index in [2.05, 4.69) is 11.4 Å². The second kappa shape index (κ2) is 9.54. The monoisotopic (exact) mass is 380 g/mol. The lowest BCUT2D eigenvalue weighted by atomic mass is 10.0. The average Bonchev–Trinajstić information content (AvgIpc) is 2.63. The van der Waals surface area contributed by atoms with Crippen LogP contribution in [-0.4, -0.2) is 28.8 Å². The van der Waals surface area contributed by atoms with Crippen molar-refractivity contribution in [3.8, 4) is 0 Å².